The highest BCUT2D eigenvalue weighted by Gasteiger charge is 2.54. The second-order valence-electron chi connectivity index (χ2n) is 6.37. The van der Waals surface area contributed by atoms with Crippen LogP contribution in [0.3, 0.4) is 0 Å². The van der Waals surface area contributed by atoms with E-state index >= 15 is 0 Å². The number of nitrogens with zero attached hydrogens (tertiary/aromatic N) is 3. The second kappa shape index (κ2) is 5.71. The molecule has 0 aromatic carbocycles. The lowest BCUT2D eigenvalue weighted by molar-refractivity contribution is -0.145. The highest BCUT2D eigenvalue weighted by Crippen LogP contribution is 2.48. The van der Waals surface area contributed by atoms with Crippen LogP contribution in [0.4, 0.5) is 19.0 Å². The SMILES string of the molecule is NC(=O)C1CC2(CCCCC2)C(=O)N1c1ccnc(C(F)(F)F)n1. The van der Waals surface area contributed by atoms with E-state index in [4.69, 9.17) is 5.73 Å². The molecule has 130 valence electrons. The van der Waals surface area contributed by atoms with Crippen LogP contribution < -0.4 is 10.6 Å². The number of carbonyl (C=O) groups is 2. The number of halogens is 3. The van der Waals surface area contributed by atoms with E-state index in [1.54, 1.807) is 0 Å². The first-order valence-corrected chi connectivity index (χ1v) is 7.78. The van der Waals surface area contributed by atoms with Gasteiger partial charge in [-0.3, -0.25) is 14.5 Å². The predicted octanol–water partition coefficient (Wildman–Crippen LogP) is 2.04. The van der Waals surface area contributed by atoms with Crippen LogP contribution >= 0.6 is 0 Å². The maximum absolute atomic E-state index is 12.9. The fourth-order valence-electron chi connectivity index (χ4n) is 3.70. The summed E-state index contributed by atoms with van der Waals surface area (Å²) in [5, 5.41) is 0. The molecular weight excluding hydrogens is 325 g/mol. The van der Waals surface area contributed by atoms with Crippen molar-refractivity contribution in [2.75, 3.05) is 4.90 Å². The fourth-order valence-corrected chi connectivity index (χ4v) is 3.70. The van der Waals surface area contributed by atoms with Gasteiger partial charge in [-0.1, -0.05) is 19.3 Å². The van der Waals surface area contributed by atoms with Gasteiger partial charge in [0.1, 0.15) is 11.9 Å². The van der Waals surface area contributed by atoms with Crippen molar-refractivity contribution >= 4 is 17.6 Å². The molecule has 2 aliphatic rings. The Hall–Kier alpha value is -2.19. The summed E-state index contributed by atoms with van der Waals surface area (Å²) in [5.74, 6) is -2.68. The van der Waals surface area contributed by atoms with E-state index in [0.29, 0.717) is 12.8 Å². The minimum atomic E-state index is -4.73. The minimum Gasteiger partial charge on any atom is -0.368 e. The number of primary amides is 1. The molecule has 6 nitrogen and oxygen atoms in total. The van der Waals surface area contributed by atoms with Crippen molar-refractivity contribution in [1.29, 1.82) is 0 Å². The third-order valence-corrected chi connectivity index (χ3v) is 4.85. The number of nitrogens with two attached hydrogens (primary N) is 1. The van der Waals surface area contributed by atoms with E-state index in [-0.39, 0.29) is 18.1 Å². The Bertz CT molecular complexity index is 671. The molecule has 0 radical (unpaired) electrons. The molecule has 1 saturated heterocycles. The van der Waals surface area contributed by atoms with Gasteiger partial charge in [-0.25, -0.2) is 9.97 Å². The maximum Gasteiger partial charge on any atom is 0.451 e. The normalized spacial score (nSPS) is 23.7. The zero-order chi connectivity index (χ0) is 17.5. The summed E-state index contributed by atoms with van der Waals surface area (Å²) in [4.78, 5) is 32.4. The van der Waals surface area contributed by atoms with Crippen LogP contribution in [-0.2, 0) is 15.8 Å². The van der Waals surface area contributed by atoms with Crippen molar-refractivity contribution in [2.24, 2.45) is 11.1 Å². The Morgan fingerprint density at radius 2 is 1.96 bits per heavy atom. The minimum absolute atomic E-state index is 0.228. The lowest BCUT2D eigenvalue weighted by Crippen LogP contribution is -2.44. The van der Waals surface area contributed by atoms with Gasteiger partial charge in [0, 0.05) is 6.20 Å². The van der Waals surface area contributed by atoms with Crippen LogP contribution in [0.2, 0.25) is 0 Å². The van der Waals surface area contributed by atoms with Crippen molar-refractivity contribution in [3.8, 4) is 0 Å². The molecule has 1 saturated carbocycles. The van der Waals surface area contributed by atoms with Gasteiger partial charge >= 0.3 is 6.18 Å². The number of rotatable bonds is 2. The second-order valence-corrected chi connectivity index (χ2v) is 6.37. The predicted molar refractivity (Wildman–Crippen MR) is 77.6 cm³/mol. The third kappa shape index (κ3) is 2.71. The number of anilines is 1. The van der Waals surface area contributed by atoms with E-state index < -0.39 is 29.4 Å². The van der Waals surface area contributed by atoms with Crippen LogP contribution in [0.15, 0.2) is 12.3 Å². The van der Waals surface area contributed by atoms with Gasteiger partial charge < -0.3 is 5.73 Å². The summed E-state index contributed by atoms with van der Waals surface area (Å²) in [6.45, 7) is 0. The van der Waals surface area contributed by atoms with Crippen molar-refractivity contribution in [1.82, 2.24) is 9.97 Å². The van der Waals surface area contributed by atoms with Crippen LogP contribution in [0.1, 0.15) is 44.3 Å². The largest absolute Gasteiger partial charge is 0.451 e. The Labute approximate surface area is 136 Å². The molecule has 1 aromatic heterocycles. The molecule has 2 heterocycles. The molecular formula is C15H17F3N4O2. The van der Waals surface area contributed by atoms with Gasteiger partial charge in [0.05, 0.1) is 5.41 Å². The monoisotopic (exact) mass is 342 g/mol. The quantitative estimate of drug-likeness (QED) is 0.891. The van der Waals surface area contributed by atoms with Crippen molar-refractivity contribution in [2.45, 2.75) is 50.7 Å². The molecule has 1 spiro atoms. The first kappa shape index (κ1) is 16.7. The molecule has 2 N–H and O–H groups in total. The van der Waals surface area contributed by atoms with Gasteiger partial charge in [0.15, 0.2) is 0 Å². The van der Waals surface area contributed by atoms with Gasteiger partial charge in [0.25, 0.3) is 0 Å². The first-order valence-electron chi connectivity index (χ1n) is 7.78. The zero-order valence-electron chi connectivity index (χ0n) is 12.8. The highest BCUT2D eigenvalue weighted by atomic mass is 19.4. The van der Waals surface area contributed by atoms with E-state index in [1.165, 1.54) is 6.07 Å². The van der Waals surface area contributed by atoms with Crippen LogP contribution in [0, 0.1) is 5.41 Å². The lowest BCUT2D eigenvalue weighted by Gasteiger charge is -2.31. The third-order valence-electron chi connectivity index (χ3n) is 4.85. The van der Waals surface area contributed by atoms with Crippen LogP contribution in [0.5, 0.6) is 0 Å². The Morgan fingerprint density at radius 3 is 2.54 bits per heavy atom. The highest BCUT2D eigenvalue weighted by molar-refractivity contribution is 6.06. The Kier molecular flexibility index (Phi) is 3.97. The molecule has 1 unspecified atom stereocenters. The maximum atomic E-state index is 12.9. The number of hydrogen-bond donors (Lipinski definition) is 1. The molecule has 1 aliphatic heterocycles. The lowest BCUT2D eigenvalue weighted by atomic mass is 9.72. The molecule has 1 atom stereocenters. The van der Waals surface area contributed by atoms with Crippen molar-refractivity contribution < 1.29 is 22.8 Å². The Morgan fingerprint density at radius 1 is 1.29 bits per heavy atom. The number of amides is 2. The summed E-state index contributed by atoms with van der Waals surface area (Å²) < 4.78 is 38.5. The molecule has 1 aliphatic carbocycles. The van der Waals surface area contributed by atoms with E-state index in [9.17, 15) is 22.8 Å². The molecule has 0 bridgehead atoms. The first-order chi connectivity index (χ1) is 11.2. The number of hydrogen-bond acceptors (Lipinski definition) is 4. The van der Waals surface area contributed by atoms with Crippen LogP contribution in [-0.4, -0.2) is 27.8 Å². The zero-order valence-corrected chi connectivity index (χ0v) is 12.8. The average Bonchev–Trinajstić information content (AvgIpc) is 2.81. The van der Waals surface area contributed by atoms with Crippen molar-refractivity contribution in [3.05, 3.63) is 18.1 Å². The molecule has 3 rings (SSSR count). The van der Waals surface area contributed by atoms with Gasteiger partial charge in [-0.2, -0.15) is 13.2 Å². The Balaban J connectivity index is 2.01. The topological polar surface area (TPSA) is 89.2 Å². The molecule has 2 amide bonds. The van der Waals surface area contributed by atoms with E-state index in [2.05, 4.69) is 9.97 Å². The van der Waals surface area contributed by atoms with Gasteiger partial charge in [0.2, 0.25) is 17.6 Å². The number of aromatic nitrogens is 2. The molecule has 2 fully saturated rings. The fraction of sp³-hybridized carbons (Fsp3) is 0.600. The standard InChI is InChI=1S/C15H17F3N4O2/c16-15(17,18)12-20-7-4-10(21-12)22-9(11(19)23)8-14(13(22)24)5-2-1-3-6-14/h4,7,9H,1-3,5-6,8H2,(H2,19,23). The number of carbonyl (C=O) groups excluding carboxylic acids is 2. The van der Waals surface area contributed by atoms with E-state index in [0.717, 1.165) is 30.4 Å². The molecule has 9 heteroatoms. The summed E-state index contributed by atoms with van der Waals surface area (Å²) in [7, 11) is 0. The van der Waals surface area contributed by atoms with Gasteiger partial charge in [-0.05, 0) is 25.3 Å². The summed E-state index contributed by atoms with van der Waals surface area (Å²) in [6.07, 6.45) is 0.359. The molecule has 1 aromatic rings. The average molecular weight is 342 g/mol. The van der Waals surface area contributed by atoms with Gasteiger partial charge in [-0.15, -0.1) is 0 Å². The van der Waals surface area contributed by atoms with E-state index in [1.807, 2.05) is 0 Å². The summed E-state index contributed by atoms with van der Waals surface area (Å²) in [5.41, 5.74) is 4.68. The number of alkyl halides is 3. The smallest absolute Gasteiger partial charge is 0.368 e. The molecule has 24 heavy (non-hydrogen) atoms. The van der Waals surface area contributed by atoms with Crippen molar-refractivity contribution in [3.63, 3.8) is 0 Å². The summed E-state index contributed by atoms with van der Waals surface area (Å²) in [6, 6.07) is 0.219. The summed E-state index contributed by atoms with van der Waals surface area (Å²) >= 11 is 0. The van der Waals surface area contributed by atoms with Crippen LogP contribution in [0.25, 0.3) is 0 Å².